The summed E-state index contributed by atoms with van der Waals surface area (Å²) in [4.78, 5) is 11.2. The SMILES string of the molecule is c1nc(N2CCNCC2)c2cnn(C3CC3)c2n1. The van der Waals surface area contributed by atoms with Crippen molar-refractivity contribution in [1.82, 2.24) is 25.1 Å². The van der Waals surface area contributed by atoms with Crippen LogP contribution in [-0.2, 0) is 0 Å². The summed E-state index contributed by atoms with van der Waals surface area (Å²) in [6, 6.07) is 0.563. The molecule has 1 saturated carbocycles. The van der Waals surface area contributed by atoms with Gasteiger partial charge in [-0.1, -0.05) is 0 Å². The number of nitrogens with zero attached hydrogens (tertiary/aromatic N) is 5. The maximum atomic E-state index is 4.48. The second kappa shape index (κ2) is 3.91. The van der Waals surface area contributed by atoms with E-state index in [1.165, 1.54) is 12.8 Å². The van der Waals surface area contributed by atoms with E-state index in [0.717, 1.165) is 43.0 Å². The lowest BCUT2D eigenvalue weighted by Gasteiger charge is -2.28. The number of fused-ring (bicyclic) bond motifs is 1. The van der Waals surface area contributed by atoms with Crippen molar-refractivity contribution in [2.75, 3.05) is 31.1 Å². The summed E-state index contributed by atoms with van der Waals surface area (Å²) in [5.41, 5.74) is 0.987. The molecule has 3 heterocycles. The molecule has 1 aliphatic heterocycles. The zero-order chi connectivity index (χ0) is 11.9. The number of hydrogen-bond donors (Lipinski definition) is 1. The molecule has 2 aromatic heterocycles. The molecule has 18 heavy (non-hydrogen) atoms. The van der Waals surface area contributed by atoms with E-state index in [2.05, 4.69) is 30.0 Å². The van der Waals surface area contributed by atoms with Crippen LogP contribution in [0.2, 0.25) is 0 Å². The largest absolute Gasteiger partial charge is 0.353 e. The van der Waals surface area contributed by atoms with Gasteiger partial charge in [0, 0.05) is 26.2 Å². The lowest BCUT2D eigenvalue weighted by Crippen LogP contribution is -2.44. The van der Waals surface area contributed by atoms with Crippen molar-refractivity contribution in [3.8, 4) is 0 Å². The molecule has 0 aromatic carbocycles. The first-order chi connectivity index (χ1) is 8.93. The molecule has 0 atom stereocenters. The van der Waals surface area contributed by atoms with Gasteiger partial charge in [-0.05, 0) is 12.8 Å². The Balaban J connectivity index is 1.80. The van der Waals surface area contributed by atoms with Gasteiger partial charge < -0.3 is 10.2 Å². The predicted molar refractivity (Wildman–Crippen MR) is 68.7 cm³/mol. The topological polar surface area (TPSA) is 58.9 Å². The quantitative estimate of drug-likeness (QED) is 0.837. The van der Waals surface area contributed by atoms with Crippen LogP contribution in [0.3, 0.4) is 0 Å². The van der Waals surface area contributed by atoms with Crippen molar-refractivity contribution >= 4 is 16.9 Å². The van der Waals surface area contributed by atoms with Crippen LogP contribution in [0.5, 0.6) is 0 Å². The molecule has 1 N–H and O–H groups in total. The average Bonchev–Trinajstić information content (AvgIpc) is 3.19. The maximum Gasteiger partial charge on any atom is 0.163 e. The van der Waals surface area contributed by atoms with Gasteiger partial charge in [-0.15, -0.1) is 0 Å². The summed E-state index contributed by atoms with van der Waals surface area (Å²) in [7, 11) is 0. The summed E-state index contributed by atoms with van der Waals surface area (Å²) in [5, 5.41) is 8.93. The molecule has 2 fully saturated rings. The van der Waals surface area contributed by atoms with Gasteiger partial charge in [0.05, 0.1) is 17.6 Å². The van der Waals surface area contributed by atoms with Crippen molar-refractivity contribution in [3.63, 3.8) is 0 Å². The zero-order valence-electron chi connectivity index (χ0n) is 10.2. The Labute approximate surface area is 105 Å². The molecule has 6 heteroatoms. The monoisotopic (exact) mass is 244 g/mol. The van der Waals surface area contributed by atoms with E-state index in [1.54, 1.807) is 6.33 Å². The number of rotatable bonds is 2. The fourth-order valence-electron chi connectivity index (χ4n) is 2.56. The summed E-state index contributed by atoms with van der Waals surface area (Å²) in [6.45, 7) is 4.03. The van der Waals surface area contributed by atoms with Gasteiger partial charge in [0.2, 0.25) is 0 Å². The molecule has 0 unspecified atom stereocenters. The van der Waals surface area contributed by atoms with Crippen LogP contribution in [0.25, 0.3) is 11.0 Å². The minimum absolute atomic E-state index is 0.563. The number of hydrogen-bond acceptors (Lipinski definition) is 5. The van der Waals surface area contributed by atoms with Gasteiger partial charge in [0.1, 0.15) is 12.1 Å². The Morgan fingerprint density at radius 1 is 1.17 bits per heavy atom. The molecule has 4 rings (SSSR count). The molecule has 2 aromatic rings. The van der Waals surface area contributed by atoms with Crippen LogP contribution < -0.4 is 10.2 Å². The molecule has 6 nitrogen and oxygen atoms in total. The molecule has 1 aliphatic carbocycles. The first kappa shape index (κ1) is 10.3. The fraction of sp³-hybridized carbons (Fsp3) is 0.583. The lowest BCUT2D eigenvalue weighted by molar-refractivity contribution is 0.586. The summed E-state index contributed by atoms with van der Waals surface area (Å²) >= 11 is 0. The molecule has 0 bridgehead atoms. The number of nitrogens with one attached hydrogen (secondary N) is 1. The second-order valence-electron chi connectivity index (χ2n) is 4.99. The standard InChI is InChI=1S/C12H16N6/c1-2-9(1)18-12-10(7-16-18)11(14-8-15-12)17-5-3-13-4-6-17/h7-9,13H,1-6H2. The number of piperazine rings is 1. The third-order valence-electron chi connectivity index (χ3n) is 3.68. The van der Waals surface area contributed by atoms with E-state index in [0.29, 0.717) is 6.04 Å². The van der Waals surface area contributed by atoms with Crippen molar-refractivity contribution < 1.29 is 0 Å². The first-order valence-electron chi connectivity index (χ1n) is 6.57. The number of aromatic nitrogens is 4. The van der Waals surface area contributed by atoms with Crippen molar-refractivity contribution in [2.45, 2.75) is 18.9 Å². The van der Waals surface area contributed by atoms with Crippen molar-refractivity contribution in [1.29, 1.82) is 0 Å². The van der Waals surface area contributed by atoms with Crippen molar-refractivity contribution in [3.05, 3.63) is 12.5 Å². The highest BCUT2D eigenvalue weighted by Crippen LogP contribution is 2.37. The van der Waals surface area contributed by atoms with Gasteiger partial charge in [-0.25, -0.2) is 14.6 Å². The van der Waals surface area contributed by atoms with E-state index in [9.17, 15) is 0 Å². The van der Waals surface area contributed by atoms with Crippen LogP contribution in [0.15, 0.2) is 12.5 Å². The van der Waals surface area contributed by atoms with Gasteiger partial charge in [-0.3, -0.25) is 0 Å². The highest BCUT2D eigenvalue weighted by molar-refractivity contribution is 5.86. The second-order valence-corrected chi connectivity index (χ2v) is 4.99. The molecule has 1 saturated heterocycles. The van der Waals surface area contributed by atoms with Crippen LogP contribution in [0.1, 0.15) is 18.9 Å². The van der Waals surface area contributed by atoms with E-state index >= 15 is 0 Å². The average molecular weight is 244 g/mol. The predicted octanol–water partition coefficient (Wildman–Crippen LogP) is 0.571. The Morgan fingerprint density at radius 2 is 2.00 bits per heavy atom. The fourth-order valence-corrected chi connectivity index (χ4v) is 2.56. The summed E-state index contributed by atoms with van der Waals surface area (Å²) in [6.07, 6.45) is 6.04. The van der Waals surface area contributed by atoms with Crippen LogP contribution >= 0.6 is 0 Å². The zero-order valence-corrected chi connectivity index (χ0v) is 10.2. The molecular weight excluding hydrogens is 228 g/mol. The molecule has 0 spiro atoms. The van der Waals surface area contributed by atoms with Gasteiger partial charge in [0.25, 0.3) is 0 Å². The Kier molecular flexibility index (Phi) is 2.23. The van der Waals surface area contributed by atoms with Crippen LogP contribution in [0.4, 0.5) is 5.82 Å². The summed E-state index contributed by atoms with van der Waals surface area (Å²) < 4.78 is 2.06. The van der Waals surface area contributed by atoms with Gasteiger partial charge in [-0.2, -0.15) is 5.10 Å². The highest BCUT2D eigenvalue weighted by atomic mass is 15.3. The Bertz CT molecular complexity index is 567. The van der Waals surface area contributed by atoms with E-state index in [1.807, 2.05) is 6.20 Å². The van der Waals surface area contributed by atoms with E-state index < -0.39 is 0 Å². The lowest BCUT2D eigenvalue weighted by atomic mass is 10.3. The van der Waals surface area contributed by atoms with Gasteiger partial charge >= 0.3 is 0 Å². The molecule has 0 radical (unpaired) electrons. The third kappa shape index (κ3) is 1.56. The number of anilines is 1. The highest BCUT2D eigenvalue weighted by Gasteiger charge is 2.27. The van der Waals surface area contributed by atoms with Crippen LogP contribution in [0, 0.1) is 0 Å². The smallest absolute Gasteiger partial charge is 0.163 e. The Hall–Kier alpha value is -1.69. The maximum absolute atomic E-state index is 4.48. The Morgan fingerprint density at radius 3 is 2.78 bits per heavy atom. The van der Waals surface area contributed by atoms with Crippen LogP contribution in [-0.4, -0.2) is 45.9 Å². The minimum atomic E-state index is 0.563. The molecular formula is C12H16N6. The van der Waals surface area contributed by atoms with E-state index in [-0.39, 0.29) is 0 Å². The van der Waals surface area contributed by atoms with Crippen molar-refractivity contribution in [2.24, 2.45) is 0 Å². The third-order valence-corrected chi connectivity index (χ3v) is 3.68. The molecule has 2 aliphatic rings. The van der Waals surface area contributed by atoms with E-state index in [4.69, 9.17) is 0 Å². The summed E-state index contributed by atoms with van der Waals surface area (Å²) in [5.74, 6) is 1.04. The minimum Gasteiger partial charge on any atom is -0.353 e. The molecule has 0 amide bonds. The normalized spacial score (nSPS) is 20.6. The first-order valence-corrected chi connectivity index (χ1v) is 6.57. The molecule has 94 valence electrons. The van der Waals surface area contributed by atoms with Gasteiger partial charge in [0.15, 0.2) is 5.65 Å².